The van der Waals surface area contributed by atoms with Crippen molar-refractivity contribution < 1.29 is 19.1 Å². The molecule has 29 heavy (non-hydrogen) atoms. The number of amides is 2. The number of carbonyl (C=O) groups is 2. The van der Waals surface area contributed by atoms with Gasteiger partial charge in [-0.15, -0.1) is 22.7 Å². The molecule has 1 atom stereocenters. The second-order valence-electron chi connectivity index (χ2n) is 6.69. The van der Waals surface area contributed by atoms with Gasteiger partial charge in [-0.1, -0.05) is 6.07 Å². The minimum atomic E-state index is -0.247. The van der Waals surface area contributed by atoms with Crippen molar-refractivity contribution in [1.29, 1.82) is 0 Å². The number of hydrazone groups is 1. The van der Waals surface area contributed by atoms with Crippen LogP contribution in [0.4, 0.5) is 0 Å². The number of methoxy groups -OCH3 is 2. The molecule has 9 heteroatoms. The summed E-state index contributed by atoms with van der Waals surface area (Å²) < 4.78 is 10.0. The highest BCUT2D eigenvalue weighted by Crippen LogP contribution is 2.37. The lowest BCUT2D eigenvalue weighted by molar-refractivity contribution is -0.144. The number of rotatable bonds is 9. The minimum absolute atomic E-state index is 0.0618. The largest absolute Gasteiger partial charge is 0.383 e. The zero-order chi connectivity index (χ0) is 20.8. The predicted molar refractivity (Wildman–Crippen MR) is 114 cm³/mol. The Hall–Kier alpha value is -2.07. The van der Waals surface area contributed by atoms with Gasteiger partial charge in [-0.25, -0.2) is 5.01 Å². The quantitative estimate of drug-likeness (QED) is 0.607. The van der Waals surface area contributed by atoms with Gasteiger partial charge in [-0.3, -0.25) is 9.59 Å². The molecule has 0 saturated carbocycles. The highest BCUT2D eigenvalue weighted by Gasteiger charge is 2.35. The molecule has 0 bridgehead atoms. The maximum absolute atomic E-state index is 13.2. The number of nitrogens with zero attached hydrogens (tertiary/aromatic N) is 3. The molecule has 156 valence electrons. The lowest BCUT2D eigenvalue weighted by Gasteiger charge is -2.26. The third kappa shape index (κ3) is 5.11. The third-order valence-corrected chi connectivity index (χ3v) is 6.73. The number of hydrogen-bond acceptors (Lipinski definition) is 7. The molecular formula is C20H25N3O4S2. The summed E-state index contributed by atoms with van der Waals surface area (Å²) >= 11 is 3.24. The van der Waals surface area contributed by atoms with Crippen LogP contribution in [0.15, 0.2) is 34.1 Å². The van der Waals surface area contributed by atoms with E-state index in [0.717, 1.165) is 21.0 Å². The van der Waals surface area contributed by atoms with Crippen molar-refractivity contribution in [3.63, 3.8) is 0 Å². The van der Waals surface area contributed by atoms with E-state index in [1.807, 2.05) is 29.8 Å². The van der Waals surface area contributed by atoms with Gasteiger partial charge in [0, 0.05) is 32.1 Å². The van der Waals surface area contributed by atoms with Gasteiger partial charge in [-0.05, 0) is 35.4 Å². The fourth-order valence-electron chi connectivity index (χ4n) is 3.21. The Labute approximate surface area is 178 Å². The minimum Gasteiger partial charge on any atom is -0.383 e. The molecule has 2 aromatic rings. The van der Waals surface area contributed by atoms with E-state index in [9.17, 15) is 9.59 Å². The molecule has 0 saturated heterocycles. The predicted octanol–water partition coefficient (Wildman–Crippen LogP) is 2.92. The topological polar surface area (TPSA) is 71.4 Å². The Morgan fingerprint density at radius 3 is 2.69 bits per heavy atom. The van der Waals surface area contributed by atoms with Gasteiger partial charge in [0.25, 0.3) is 5.91 Å². The van der Waals surface area contributed by atoms with Crippen LogP contribution in [0.2, 0.25) is 0 Å². The Morgan fingerprint density at radius 2 is 2.07 bits per heavy atom. The molecular weight excluding hydrogens is 410 g/mol. The van der Waals surface area contributed by atoms with Crippen LogP contribution in [-0.4, -0.2) is 68.0 Å². The summed E-state index contributed by atoms with van der Waals surface area (Å²) in [6.45, 7) is 2.58. The van der Waals surface area contributed by atoms with Crippen molar-refractivity contribution in [2.75, 3.05) is 40.5 Å². The lowest BCUT2D eigenvalue weighted by atomic mass is 10.1. The van der Waals surface area contributed by atoms with Gasteiger partial charge in [0.15, 0.2) is 0 Å². The third-order valence-electron chi connectivity index (χ3n) is 4.69. The SMILES string of the molecule is COCCN(CC(=O)N1N=C(c2cccs2)CC1c1sccc1C)C(=O)COC. The van der Waals surface area contributed by atoms with Crippen LogP contribution in [-0.2, 0) is 19.1 Å². The first-order valence-corrected chi connectivity index (χ1v) is 11.0. The average Bonchev–Trinajstić information content (AvgIpc) is 3.44. The van der Waals surface area contributed by atoms with E-state index in [1.165, 1.54) is 12.0 Å². The molecule has 0 aliphatic carbocycles. The Balaban J connectivity index is 1.83. The zero-order valence-corrected chi connectivity index (χ0v) is 18.4. The number of thiophene rings is 2. The lowest BCUT2D eigenvalue weighted by Crippen LogP contribution is -2.44. The standard InChI is InChI=1S/C20H25N3O4S2/c1-14-6-10-29-20(14)16-11-15(17-5-4-9-28-17)21-23(16)18(24)12-22(7-8-26-2)19(25)13-27-3/h4-6,9-10,16H,7-8,11-13H2,1-3H3. The summed E-state index contributed by atoms with van der Waals surface area (Å²) in [5.74, 6) is -0.460. The van der Waals surface area contributed by atoms with Gasteiger partial charge in [0.05, 0.1) is 23.2 Å². The molecule has 1 aliphatic heterocycles. The second-order valence-corrected chi connectivity index (χ2v) is 8.59. The highest BCUT2D eigenvalue weighted by atomic mass is 32.1. The molecule has 0 radical (unpaired) electrons. The van der Waals surface area contributed by atoms with E-state index in [1.54, 1.807) is 34.8 Å². The van der Waals surface area contributed by atoms with Gasteiger partial charge < -0.3 is 14.4 Å². The van der Waals surface area contributed by atoms with Crippen molar-refractivity contribution in [3.8, 4) is 0 Å². The normalized spacial score (nSPS) is 16.2. The van der Waals surface area contributed by atoms with E-state index < -0.39 is 0 Å². The monoisotopic (exact) mass is 435 g/mol. The summed E-state index contributed by atoms with van der Waals surface area (Å²) in [5, 5.41) is 10.2. The number of aryl methyl sites for hydroxylation is 1. The smallest absolute Gasteiger partial charge is 0.262 e. The number of carbonyl (C=O) groups excluding carboxylic acids is 2. The maximum Gasteiger partial charge on any atom is 0.262 e. The van der Waals surface area contributed by atoms with E-state index in [2.05, 4.69) is 11.2 Å². The number of ether oxygens (including phenoxy) is 2. The molecule has 0 spiro atoms. The molecule has 1 unspecified atom stereocenters. The van der Waals surface area contributed by atoms with Crippen LogP contribution < -0.4 is 0 Å². The molecule has 0 aromatic carbocycles. The first kappa shape index (κ1) is 21.6. The van der Waals surface area contributed by atoms with Crippen LogP contribution in [0.25, 0.3) is 0 Å². The molecule has 1 aliphatic rings. The van der Waals surface area contributed by atoms with Gasteiger partial charge in [-0.2, -0.15) is 5.10 Å². The van der Waals surface area contributed by atoms with Gasteiger partial charge in [0.2, 0.25) is 5.91 Å². The van der Waals surface area contributed by atoms with Crippen molar-refractivity contribution in [2.45, 2.75) is 19.4 Å². The maximum atomic E-state index is 13.2. The first-order valence-electron chi connectivity index (χ1n) is 9.28. The summed E-state index contributed by atoms with van der Waals surface area (Å²) in [5.41, 5.74) is 2.05. The summed E-state index contributed by atoms with van der Waals surface area (Å²) in [4.78, 5) is 29.2. The van der Waals surface area contributed by atoms with Crippen molar-refractivity contribution >= 4 is 40.2 Å². The molecule has 3 rings (SSSR count). The second kappa shape index (κ2) is 10.1. The fraction of sp³-hybridized carbons (Fsp3) is 0.450. The first-order chi connectivity index (χ1) is 14.0. The summed E-state index contributed by atoms with van der Waals surface area (Å²) in [6.07, 6.45) is 0.664. The van der Waals surface area contributed by atoms with Crippen LogP contribution >= 0.6 is 22.7 Å². The number of hydrogen-bond donors (Lipinski definition) is 0. The van der Waals surface area contributed by atoms with Gasteiger partial charge >= 0.3 is 0 Å². The van der Waals surface area contributed by atoms with Crippen molar-refractivity contribution in [2.24, 2.45) is 5.10 Å². The van der Waals surface area contributed by atoms with E-state index >= 15 is 0 Å². The molecule has 0 fully saturated rings. The van der Waals surface area contributed by atoms with E-state index in [0.29, 0.717) is 19.6 Å². The molecule has 2 amide bonds. The Kier molecular flexibility index (Phi) is 7.54. The van der Waals surface area contributed by atoms with Crippen LogP contribution in [0.1, 0.15) is 27.8 Å². The fourth-order valence-corrected chi connectivity index (χ4v) is 4.94. The van der Waals surface area contributed by atoms with Crippen molar-refractivity contribution in [3.05, 3.63) is 44.3 Å². The Morgan fingerprint density at radius 1 is 1.24 bits per heavy atom. The van der Waals surface area contributed by atoms with E-state index in [4.69, 9.17) is 9.47 Å². The summed E-state index contributed by atoms with van der Waals surface area (Å²) in [7, 11) is 3.02. The van der Waals surface area contributed by atoms with Crippen molar-refractivity contribution in [1.82, 2.24) is 9.91 Å². The molecule has 7 nitrogen and oxygen atoms in total. The van der Waals surface area contributed by atoms with E-state index in [-0.39, 0.29) is 31.0 Å². The van der Waals surface area contributed by atoms with Crippen LogP contribution in [0, 0.1) is 6.92 Å². The summed E-state index contributed by atoms with van der Waals surface area (Å²) in [6, 6.07) is 5.90. The van der Waals surface area contributed by atoms with Gasteiger partial charge in [0.1, 0.15) is 13.2 Å². The average molecular weight is 436 g/mol. The van der Waals surface area contributed by atoms with Crippen LogP contribution in [0.5, 0.6) is 0 Å². The highest BCUT2D eigenvalue weighted by molar-refractivity contribution is 7.12. The molecule has 2 aromatic heterocycles. The Bertz CT molecular complexity index is 863. The molecule has 3 heterocycles. The van der Waals surface area contributed by atoms with Crippen LogP contribution in [0.3, 0.4) is 0 Å². The zero-order valence-electron chi connectivity index (χ0n) is 16.8. The molecule has 0 N–H and O–H groups in total.